The molecule has 9 heteroatoms. The monoisotopic (exact) mass is 338 g/mol. The Morgan fingerprint density at radius 3 is 2.67 bits per heavy atom. The molecule has 2 aromatic heterocycles. The fourth-order valence-corrected chi connectivity index (χ4v) is 2.49. The first-order valence-corrected chi connectivity index (χ1v) is 7.08. The summed E-state index contributed by atoms with van der Waals surface area (Å²) in [6.07, 6.45) is -2.01. The van der Waals surface area contributed by atoms with Gasteiger partial charge in [0.15, 0.2) is 5.65 Å². The third-order valence-corrected chi connectivity index (χ3v) is 3.60. The summed E-state index contributed by atoms with van der Waals surface area (Å²) in [7, 11) is 0. The molecule has 0 aliphatic rings. The quantitative estimate of drug-likeness (QED) is 0.785. The predicted octanol–water partition coefficient (Wildman–Crippen LogP) is 1.65. The number of alkyl halides is 3. The smallest absolute Gasteiger partial charge is 0.394 e. The van der Waals surface area contributed by atoms with E-state index < -0.39 is 17.3 Å². The Hall–Kier alpha value is -2.68. The first kappa shape index (κ1) is 16.2. The van der Waals surface area contributed by atoms with Gasteiger partial charge in [0.1, 0.15) is 11.7 Å². The second-order valence-electron chi connectivity index (χ2n) is 5.16. The first-order chi connectivity index (χ1) is 11.4. The molecule has 0 bridgehead atoms. The van der Waals surface area contributed by atoms with Crippen LogP contribution in [0.3, 0.4) is 0 Å². The standard InChI is InChI=1S/C15H13F3N4O2/c16-15(17,18)12-4-2-1-3-10(12)8-21-9-19-13-11(14(21)24)7-20-22(13)5-6-23/h1-4,7,9,23H,5-6,8H2. The highest BCUT2D eigenvalue weighted by Crippen LogP contribution is 2.32. The minimum Gasteiger partial charge on any atom is -0.394 e. The molecule has 1 aromatic carbocycles. The second kappa shape index (κ2) is 6.08. The van der Waals surface area contributed by atoms with E-state index in [0.29, 0.717) is 0 Å². The SMILES string of the molecule is O=c1c2cnn(CCO)c2ncn1Cc1ccccc1C(F)(F)F. The van der Waals surface area contributed by atoms with E-state index in [1.54, 1.807) is 0 Å². The fourth-order valence-electron chi connectivity index (χ4n) is 2.49. The van der Waals surface area contributed by atoms with Crippen LogP contribution in [0.4, 0.5) is 13.2 Å². The van der Waals surface area contributed by atoms with Gasteiger partial charge in [0.25, 0.3) is 5.56 Å². The predicted molar refractivity (Wildman–Crippen MR) is 79.4 cm³/mol. The lowest BCUT2D eigenvalue weighted by Gasteiger charge is -2.13. The van der Waals surface area contributed by atoms with Crippen molar-refractivity contribution in [1.82, 2.24) is 19.3 Å². The molecule has 2 heterocycles. The Labute approximate surface area is 133 Å². The number of benzene rings is 1. The lowest BCUT2D eigenvalue weighted by molar-refractivity contribution is -0.138. The minimum atomic E-state index is -4.50. The summed E-state index contributed by atoms with van der Waals surface area (Å²) in [5, 5.41) is 13.1. The van der Waals surface area contributed by atoms with Crippen LogP contribution in [0, 0.1) is 0 Å². The molecule has 0 atom stereocenters. The fraction of sp³-hybridized carbons (Fsp3) is 0.267. The van der Waals surface area contributed by atoms with Crippen molar-refractivity contribution in [2.45, 2.75) is 19.3 Å². The van der Waals surface area contributed by atoms with Crippen LogP contribution in [0.1, 0.15) is 11.1 Å². The van der Waals surface area contributed by atoms with Crippen molar-refractivity contribution in [2.75, 3.05) is 6.61 Å². The van der Waals surface area contributed by atoms with Crippen LogP contribution in [0.25, 0.3) is 11.0 Å². The van der Waals surface area contributed by atoms with Crippen molar-refractivity contribution in [3.05, 3.63) is 58.3 Å². The van der Waals surface area contributed by atoms with E-state index in [1.165, 1.54) is 35.4 Å². The summed E-state index contributed by atoms with van der Waals surface area (Å²) in [6.45, 7) is -0.236. The molecule has 0 amide bonds. The number of fused-ring (bicyclic) bond motifs is 1. The number of rotatable bonds is 4. The largest absolute Gasteiger partial charge is 0.416 e. The Kier molecular flexibility index (Phi) is 4.10. The molecule has 6 nitrogen and oxygen atoms in total. The van der Waals surface area contributed by atoms with Crippen LogP contribution in [-0.4, -0.2) is 31.0 Å². The summed E-state index contributed by atoms with van der Waals surface area (Å²) in [5.41, 5.74) is -1.00. The summed E-state index contributed by atoms with van der Waals surface area (Å²) < 4.78 is 41.6. The molecule has 3 aromatic rings. The van der Waals surface area contributed by atoms with Crippen molar-refractivity contribution in [3.8, 4) is 0 Å². The van der Waals surface area contributed by atoms with Gasteiger partial charge in [0, 0.05) is 0 Å². The van der Waals surface area contributed by atoms with E-state index in [4.69, 9.17) is 5.11 Å². The maximum atomic E-state index is 13.1. The van der Waals surface area contributed by atoms with Crippen LogP contribution in [-0.2, 0) is 19.3 Å². The van der Waals surface area contributed by atoms with Gasteiger partial charge in [-0.25, -0.2) is 9.67 Å². The molecule has 126 valence electrons. The molecule has 0 spiro atoms. The Morgan fingerprint density at radius 1 is 1.21 bits per heavy atom. The Bertz CT molecular complexity index is 930. The Morgan fingerprint density at radius 2 is 1.96 bits per heavy atom. The van der Waals surface area contributed by atoms with Crippen LogP contribution >= 0.6 is 0 Å². The number of hydrogen-bond donors (Lipinski definition) is 1. The Balaban J connectivity index is 2.03. The van der Waals surface area contributed by atoms with E-state index in [0.717, 1.165) is 10.6 Å². The molecular formula is C15H13F3N4O2. The van der Waals surface area contributed by atoms with Crippen molar-refractivity contribution in [3.63, 3.8) is 0 Å². The first-order valence-electron chi connectivity index (χ1n) is 7.08. The number of aliphatic hydroxyl groups is 1. The normalized spacial score (nSPS) is 12.0. The van der Waals surface area contributed by atoms with Gasteiger partial charge in [0.2, 0.25) is 0 Å². The minimum absolute atomic E-state index is 0.0176. The van der Waals surface area contributed by atoms with Crippen molar-refractivity contribution < 1.29 is 18.3 Å². The zero-order valence-corrected chi connectivity index (χ0v) is 12.4. The lowest BCUT2D eigenvalue weighted by atomic mass is 10.1. The van der Waals surface area contributed by atoms with Crippen molar-refractivity contribution >= 4 is 11.0 Å². The molecule has 0 unspecified atom stereocenters. The molecular weight excluding hydrogens is 325 g/mol. The molecule has 1 N–H and O–H groups in total. The summed E-state index contributed by atoms with van der Waals surface area (Å²) in [6, 6.07) is 5.09. The average Bonchev–Trinajstić information content (AvgIpc) is 2.94. The molecule has 0 saturated heterocycles. The highest BCUT2D eigenvalue weighted by Gasteiger charge is 2.32. The van der Waals surface area contributed by atoms with Gasteiger partial charge in [0.05, 0.1) is 31.5 Å². The van der Waals surface area contributed by atoms with E-state index in [-0.39, 0.29) is 36.3 Å². The molecule has 3 rings (SSSR count). The van der Waals surface area contributed by atoms with Crippen LogP contribution < -0.4 is 5.56 Å². The lowest BCUT2D eigenvalue weighted by Crippen LogP contribution is -2.23. The summed E-state index contributed by atoms with van der Waals surface area (Å²) in [5.74, 6) is 0. The molecule has 0 aliphatic heterocycles. The van der Waals surface area contributed by atoms with Gasteiger partial charge in [-0.2, -0.15) is 18.3 Å². The highest BCUT2D eigenvalue weighted by atomic mass is 19.4. The van der Waals surface area contributed by atoms with E-state index in [2.05, 4.69) is 10.1 Å². The van der Waals surface area contributed by atoms with E-state index in [1.807, 2.05) is 0 Å². The van der Waals surface area contributed by atoms with Crippen LogP contribution in [0.5, 0.6) is 0 Å². The topological polar surface area (TPSA) is 72.9 Å². The molecule has 0 aliphatic carbocycles. The van der Waals surface area contributed by atoms with Crippen LogP contribution in [0.15, 0.2) is 41.6 Å². The van der Waals surface area contributed by atoms with Gasteiger partial charge in [-0.1, -0.05) is 18.2 Å². The maximum absolute atomic E-state index is 13.1. The van der Waals surface area contributed by atoms with Gasteiger partial charge < -0.3 is 5.11 Å². The number of aromatic nitrogens is 4. The summed E-state index contributed by atoms with van der Waals surface area (Å²) >= 11 is 0. The van der Waals surface area contributed by atoms with Gasteiger partial charge in [-0.3, -0.25) is 9.36 Å². The third kappa shape index (κ3) is 2.90. The average molecular weight is 338 g/mol. The molecule has 0 saturated carbocycles. The van der Waals surface area contributed by atoms with Crippen molar-refractivity contribution in [2.24, 2.45) is 0 Å². The molecule has 0 radical (unpaired) electrons. The van der Waals surface area contributed by atoms with Crippen LogP contribution in [0.2, 0.25) is 0 Å². The zero-order chi connectivity index (χ0) is 17.3. The third-order valence-electron chi connectivity index (χ3n) is 3.60. The number of nitrogens with zero attached hydrogens (tertiary/aromatic N) is 4. The summed E-state index contributed by atoms with van der Waals surface area (Å²) in [4.78, 5) is 16.5. The van der Waals surface area contributed by atoms with Gasteiger partial charge >= 0.3 is 6.18 Å². The maximum Gasteiger partial charge on any atom is 0.416 e. The number of halogens is 3. The highest BCUT2D eigenvalue weighted by molar-refractivity contribution is 5.72. The number of aliphatic hydroxyl groups excluding tert-OH is 1. The zero-order valence-electron chi connectivity index (χ0n) is 12.4. The van der Waals surface area contributed by atoms with Crippen molar-refractivity contribution in [1.29, 1.82) is 0 Å². The number of hydrogen-bond acceptors (Lipinski definition) is 4. The molecule has 24 heavy (non-hydrogen) atoms. The van der Waals surface area contributed by atoms with E-state index >= 15 is 0 Å². The van der Waals surface area contributed by atoms with E-state index in [9.17, 15) is 18.0 Å². The van der Waals surface area contributed by atoms with Gasteiger partial charge in [-0.15, -0.1) is 0 Å². The second-order valence-corrected chi connectivity index (χ2v) is 5.16. The molecule has 0 fully saturated rings. The van der Waals surface area contributed by atoms with Gasteiger partial charge in [-0.05, 0) is 11.6 Å².